The molecule has 0 fully saturated rings. The number of fused-ring (bicyclic) bond motifs is 1. The van der Waals surface area contributed by atoms with E-state index in [1.165, 1.54) is 0 Å². The fourth-order valence-corrected chi connectivity index (χ4v) is 1.74. The molecule has 0 saturated carbocycles. The number of nitrogens with zero attached hydrogens (tertiary/aromatic N) is 2. The van der Waals surface area contributed by atoms with Crippen LogP contribution in [0.25, 0.3) is 10.9 Å². The summed E-state index contributed by atoms with van der Waals surface area (Å²) in [5.74, 6) is 0.436. The van der Waals surface area contributed by atoms with Crippen molar-refractivity contribution >= 4 is 10.9 Å². The number of hydrogen-bond acceptors (Lipinski definition) is 3. The first kappa shape index (κ1) is 13.4. The standard InChI is InChI=1S/C16H18N2O/c1-16(2,3)8-9-19-15-13(11-17)10-12-6-4-5-7-14(12)18-15/h4-7,10H,8-9H2,1-3H3. The monoisotopic (exact) mass is 254 g/mol. The van der Waals surface area contributed by atoms with E-state index in [0.717, 1.165) is 17.3 Å². The second kappa shape index (κ2) is 5.27. The van der Waals surface area contributed by atoms with Gasteiger partial charge in [-0.25, -0.2) is 4.98 Å². The number of para-hydroxylation sites is 1. The van der Waals surface area contributed by atoms with Gasteiger partial charge >= 0.3 is 0 Å². The number of benzene rings is 1. The number of ether oxygens (including phenoxy) is 1. The molecule has 1 aromatic heterocycles. The zero-order chi connectivity index (χ0) is 13.9. The van der Waals surface area contributed by atoms with Crippen molar-refractivity contribution in [2.75, 3.05) is 6.61 Å². The van der Waals surface area contributed by atoms with Gasteiger partial charge in [0, 0.05) is 5.39 Å². The Morgan fingerprint density at radius 2 is 2.00 bits per heavy atom. The Morgan fingerprint density at radius 3 is 2.68 bits per heavy atom. The lowest BCUT2D eigenvalue weighted by Gasteiger charge is -2.18. The SMILES string of the molecule is CC(C)(C)CCOc1nc2ccccc2cc1C#N. The van der Waals surface area contributed by atoms with E-state index >= 15 is 0 Å². The summed E-state index contributed by atoms with van der Waals surface area (Å²) in [6.45, 7) is 7.06. The average Bonchev–Trinajstić information content (AvgIpc) is 2.36. The van der Waals surface area contributed by atoms with Crippen LogP contribution in [0, 0.1) is 16.7 Å². The first-order chi connectivity index (χ1) is 8.99. The van der Waals surface area contributed by atoms with Gasteiger partial charge in [-0.05, 0) is 24.0 Å². The normalized spacial score (nSPS) is 11.3. The molecule has 0 saturated heterocycles. The van der Waals surface area contributed by atoms with Crippen LogP contribution in [0.1, 0.15) is 32.8 Å². The van der Waals surface area contributed by atoms with Crippen LogP contribution in [0.3, 0.4) is 0 Å². The molecule has 1 aromatic carbocycles. The van der Waals surface area contributed by atoms with Gasteiger partial charge in [0.05, 0.1) is 12.1 Å². The second-order valence-corrected chi connectivity index (χ2v) is 5.80. The molecule has 0 amide bonds. The van der Waals surface area contributed by atoms with E-state index in [1.807, 2.05) is 30.3 Å². The van der Waals surface area contributed by atoms with E-state index < -0.39 is 0 Å². The first-order valence-electron chi connectivity index (χ1n) is 6.42. The zero-order valence-electron chi connectivity index (χ0n) is 11.6. The molecule has 0 N–H and O–H groups in total. The van der Waals surface area contributed by atoms with E-state index in [4.69, 9.17) is 10.00 Å². The molecule has 3 nitrogen and oxygen atoms in total. The van der Waals surface area contributed by atoms with Crippen LogP contribution in [0.4, 0.5) is 0 Å². The van der Waals surface area contributed by atoms with Gasteiger partial charge in [-0.15, -0.1) is 0 Å². The Kier molecular flexibility index (Phi) is 3.71. The molecule has 0 aliphatic heterocycles. The minimum Gasteiger partial charge on any atom is -0.477 e. The summed E-state index contributed by atoms with van der Waals surface area (Å²) in [4.78, 5) is 4.42. The summed E-state index contributed by atoms with van der Waals surface area (Å²) in [6, 6.07) is 11.7. The fraction of sp³-hybridized carbons (Fsp3) is 0.375. The van der Waals surface area contributed by atoms with Crippen molar-refractivity contribution in [1.29, 1.82) is 5.26 Å². The summed E-state index contributed by atoms with van der Waals surface area (Å²) in [5.41, 5.74) is 1.56. The van der Waals surface area contributed by atoms with Gasteiger partial charge in [0.2, 0.25) is 5.88 Å². The Hall–Kier alpha value is -2.08. The molecule has 19 heavy (non-hydrogen) atoms. The predicted octanol–water partition coefficient (Wildman–Crippen LogP) is 3.92. The van der Waals surface area contributed by atoms with Crippen LogP contribution < -0.4 is 4.74 Å². The Bertz CT molecular complexity index is 621. The third kappa shape index (κ3) is 3.45. The van der Waals surface area contributed by atoms with E-state index in [2.05, 4.69) is 31.8 Å². The van der Waals surface area contributed by atoms with Crippen molar-refractivity contribution in [3.05, 3.63) is 35.9 Å². The highest BCUT2D eigenvalue weighted by Gasteiger charge is 2.12. The molecular formula is C16H18N2O. The molecule has 3 heteroatoms. The van der Waals surface area contributed by atoms with E-state index in [1.54, 1.807) is 0 Å². The van der Waals surface area contributed by atoms with Crippen LogP contribution in [-0.4, -0.2) is 11.6 Å². The molecule has 0 aliphatic rings. The number of nitriles is 1. The minimum atomic E-state index is 0.212. The number of pyridine rings is 1. The Labute approximate surface area is 113 Å². The van der Waals surface area contributed by atoms with Gasteiger partial charge in [0.15, 0.2) is 0 Å². The largest absolute Gasteiger partial charge is 0.477 e. The summed E-state index contributed by atoms with van der Waals surface area (Å²) in [5, 5.41) is 10.1. The molecule has 0 radical (unpaired) electrons. The molecular weight excluding hydrogens is 236 g/mol. The van der Waals surface area contributed by atoms with Gasteiger partial charge in [-0.1, -0.05) is 39.0 Å². The lowest BCUT2D eigenvalue weighted by Crippen LogP contribution is -2.12. The topological polar surface area (TPSA) is 45.9 Å². The quantitative estimate of drug-likeness (QED) is 0.834. The molecule has 2 rings (SSSR count). The van der Waals surface area contributed by atoms with Gasteiger partial charge in [0.25, 0.3) is 0 Å². The predicted molar refractivity (Wildman–Crippen MR) is 76.0 cm³/mol. The Balaban J connectivity index is 2.24. The summed E-state index contributed by atoms with van der Waals surface area (Å²) in [6.07, 6.45) is 0.923. The summed E-state index contributed by atoms with van der Waals surface area (Å²) < 4.78 is 5.68. The van der Waals surface area contributed by atoms with Crippen LogP contribution in [-0.2, 0) is 0 Å². The maximum atomic E-state index is 9.17. The number of aromatic nitrogens is 1. The molecule has 98 valence electrons. The third-order valence-electron chi connectivity index (χ3n) is 2.90. The van der Waals surface area contributed by atoms with E-state index in [0.29, 0.717) is 18.1 Å². The maximum Gasteiger partial charge on any atom is 0.232 e. The van der Waals surface area contributed by atoms with Crippen molar-refractivity contribution in [2.45, 2.75) is 27.2 Å². The average molecular weight is 254 g/mol. The van der Waals surface area contributed by atoms with Crippen molar-refractivity contribution in [3.8, 4) is 11.9 Å². The highest BCUT2D eigenvalue weighted by atomic mass is 16.5. The van der Waals surface area contributed by atoms with Crippen molar-refractivity contribution < 1.29 is 4.74 Å². The van der Waals surface area contributed by atoms with Crippen LogP contribution in [0.2, 0.25) is 0 Å². The van der Waals surface area contributed by atoms with Gasteiger partial charge in [-0.3, -0.25) is 0 Å². The molecule has 2 aromatic rings. The lowest BCUT2D eigenvalue weighted by atomic mass is 9.93. The molecule has 0 atom stereocenters. The fourth-order valence-electron chi connectivity index (χ4n) is 1.74. The molecule has 0 spiro atoms. The lowest BCUT2D eigenvalue weighted by molar-refractivity contribution is 0.236. The first-order valence-corrected chi connectivity index (χ1v) is 6.42. The highest BCUT2D eigenvalue weighted by molar-refractivity contribution is 5.80. The molecule has 0 bridgehead atoms. The number of hydrogen-bond donors (Lipinski definition) is 0. The van der Waals surface area contributed by atoms with Gasteiger partial charge < -0.3 is 4.74 Å². The summed E-state index contributed by atoms with van der Waals surface area (Å²) >= 11 is 0. The van der Waals surface area contributed by atoms with Crippen molar-refractivity contribution in [3.63, 3.8) is 0 Å². The van der Waals surface area contributed by atoms with E-state index in [-0.39, 0.29) is 5.41 Å². The number of rotatable bonds is 3. The maximum absolute atomic E-state index is 9.17. The van der Waals surface area contributed by atoms with Crippen LogP contribution in [0.15, 0.2) is 30.3 Å². The minimum absolute atomic E-state index is 0.212. The second-order valence-electron chi connectivity index (χ2n) is 5.80. The van der Waals surface area contributed by atoms with Crippen LogP contribution >= 0.6 is 0 Å². The van der Waals surface area contributed by atoms with E-state index in [9.17, 15) is 0 Å². The van der Waals surface area contributed by atoms with Gasteiger partial charge in [0.1, 0.15) is 11.6 Å². The van der Waals surface area contributed by atoms with Gasteiger partial charge in [-0.2, -0.15) is 5.26 Å². The smallest absolute Gasteiger partial charge is 0.232 e. The molecule has 0 unspecified atom stereocenters. The zero-order valence-corrected chi connectivity index (χ0v) is 11.6. The Morgan fingerprint density at radius 1 is 1.26 bits per heavy atom. The third-order valence-corrected chi connectivity index (χ3v) is 2.90. The van der Waals surface area contributed by atoms with Crippen molar-refractivity contribution in [1.82, 2.24) is 4.98 Å². The summed E-state index contributed by atoms with van der Waals surface area (Å²) in [7, 11) is 0. The highest BCUT2D eigenvalue weighted by Crippen LogP contribution is 2.23. The van der Waals surface area contributed by atoms with Crippen LogP contribution in [0.5, 0.6) is 5.88 Å². The van der Waals surface area contributed by atoms with Crippen molar-refractivity contribution in [2.24, 2.45) is 5.41 Å². The molecule has 1 heterocycles. The molecule has 0 aliphatic carbocycles.